The van der Waals surface area contributed by atoms with Crippen molar-refractivity contribution in [3.05, 3.63) is 53.4 Å². The first-order valence-electron chi connectivity index (χ1n) is 7.27. The van der Waals surface area contributed by atoms with E-state index in [0.717, 1.165) is 23.9 Å². The molecule has 1 aromatic carbocycles. The van der Waals surface area contributed by atoms with Crippen LogP contribution in [-0.4, -0.2) is 30.1 Å². The summed E-state index contributed by atoms with van der Waals surface area (Å²) in [4.78, 5) is 0. The quantitative estimate of drug-likeness (QED) is 0.883. The summed E-state index contributed by atoms with van der Waals surface area (Å²) < 4.78 is 36.6. The standard InChI is InChI=1S/C12H15F2NO2.C4H5NO/c13-9-1-2-11(14)10(5-9)12(15)7-17-4-3-8(12)6-16;1-4-2-3-6-5-4/h1-2,5,8,16H,3-4,6-7,15H2;2-3H,1H3. The molecule has 2 unspecified atom stereocenters. The third kappa shape index (κ3) is 4.13. The Bertz CT molecular complexity index is 622. The van der Waals surface area contributed by atoms with Gasteiger partial charge in [-0.2, -0.15) is 0 Å². The fourth-order valence-electron chi connectivity index (χ4n) is 2.52. The zero-order valence-electron chi connectivity index (χ0n) is 12.8. The lowest BCUT2D eigenvalue weighted by molar-refractivity contribution is -0.0244. The molecule has 3 rings (SSSR count). The van der Waals surface area contributed by atoms with Crippen molar-refractivity contribution in [1.82, 2.24) is 5.16 Å². The van der Waals surface area contributed by atoms with Crippen LogP contribution in [0.1, 0.15) is 17.7 Å². The molecule has 1 aliphatic heterocycles. The van der Waals surface area contributed by atoms with E-state index >= 15 is 0 Å². The summed E-state index contributed by atoms with van der Waals surface area (Å²) in [5.41, 5.74) is 5.94. The molecule has 1 fully saturated rings. The molecule has 0 saturated carbocycles. The van der Waals surface area contributed by atoms with Crippen LogP contribution in [0.2, 0.25) is 0 Å². The molecule has 126 valence electrons. The van der Waals surface area contributed by atoms with E-state index in [1.165, 1.54) is 0 Å². The molecular weight excluding hydrogens is 306 g/mol. The van der Waals surface area contributed by atoms with Gasteiger partial charge in [-0.15, -0.1) is 0 Å². The summed E-state index contributed by atoms with van der Waals surface area (Å²) in [5.74, 6) is -1.45. The fourth-order valence-corrected chi connectivity index (χ4v) is 2.52. The van der Waals surface area contributed by atoms with Crippen LogP contribution in [0.15, 0.2) is 35.1 Å². The van der Waals surface area contributed by atoms with Gasteiger partial charge in [0.2, 0.25) is 0 Å². The molecule has 0 amide bonds. The molecule has 1 saturated heterocycles. The normalized spacial score (nSPS) is 24.0. The Hall–Kier alpha value is -1.83. The summed E-state index contributed by atoms with van der Waals surface area (Å²) in [7, 11) is 0. The van der Waals surface area contributed by atoms with E-state index in [4.69, 9.17) is 10.5 Å². The molecule has 2 atom stereocenters. The molecule has 3 N–H and O–H groups in total. The summed E-state index contributed by atoms with van der Waals surface area (Å²) in [5, 5.41) is 12.8. The van der Waals surface area contributed by atoms with Crippen molar-refractivity contribution in [3.8, 4) is 0 Å². The molecule has 5 nitrogen and oxygen atoms in total. The number of aromatic nitrogens is 1. The fraction of sp³-hybridized carbons (Fsp3) is 0.438. The van der Waals surface area contributed by atoms with Crippen molar-refractivity contribution in [2.75, 3.05) is 19.8 Å². The average molecular weight is 326 g/mol. The maximum absolute atomic E-state index is 13.7. The van der Waals surface area contributed by atoms with Gasteiger partial charge in [-0.1, -0.05) is 5.16 Å². The number of hydrogen-bond acceptors (Lipinski definition) is 5. The molecule has 2 heterocycles. The summed E-state index contributed by atoms with van der Waals surface area (Å²) in [6.07, 6.45) is 2.08. The third-order valence-corrected chi connectivity index (χ3v) is 3.90. The van der Waals surface area contributed by atoms with Gasteiger partial charge >= 0.3 is 0 Å². The van der Waals surface area contributed by atoms with Gasteiger partial charge in [0.05, 0.1) is 17.8 Å². The Morgan fingerprint density at radius 1 is 1.39 bits per heavy atom. The highest BCUT2D eigenvalue weighted by Gasteiger charge is 2.41. The Morgan fingerprint density at radius 2 is 2.17 bits per heavy atom. The van der Waals surface area contributed by atoms with Gasteiger partial charge in [0.15, 0.2) is 0 Å². The number of nitrogens with zero attached hydrogens (tertiary/aromatic N) is 1. The van der Waals surface area contributed by atoms with Crippen LogP contribution in [0.5, 0.6) is 0 Å². The summed E-state index contributed by atoms with van der Waals surface area (Å²) in [6, 6.07) is 4.97. The number of halogens is 2. The van der Waals surface area contributed by atoms with Gasteiger partial charge in [-0.05, 0) is 31.5 Å². The SMILES string of the molecule is Cc1ccon1.NC1(c2cc(F)ccc2F)COCCC1CO. The van der Waals surface area contributed by atoms with Crippen molar-refractivity contribution >= 4 is 0 Å². The van der Waals surface area contributed by atoms with Crippen LogP contribution in [0.3, 0.4) is 0 Å². The van der Waals surface area contributed by atoms with Gasteiger partial charge < -0.3 is 20.1 Å². The zero-order chi connectivity index (χ0) is 16.9. The minimum Gasteiger partial charge on any atom is -0.396 e. The second-order valence-corrected chi connectivity index (χ2v) is 5.53. The third-order valence-electron chi connectivity index (χ3n) is 3.90. The Kier molecular flexibility index (Phi) is 5.81. The Balaban J connectivity index is 0.000000268. The Labute approximate surface area is 133 Å². The number of hydrogen-bond donors (Lipinski definition) is 2. The van der Waals surface area contributed by atoms with E-state index in [0.29, 0.717) is 13.0 Å². The first-order chi connectivity index (χ1) is 11.0. The molecule has 1 aromatic heterocycles. The number of aliphatic hydroxyl groups is 1. The van der Waals surface area contributed by atoms with Crippen LogP contribution >= 0.6 is 0 Å². The predicted octanol–water partition coefficient (Wildman–Crippen LogP) is 2.13. The van der Waals surface area contributed by atoms with E-state index in [1.54, 1.807) is 12.3 Å². The summed E-state index contributed by atoms with van der Waals surface area (Å²) in [6.45, 7) is 2.26. The first kappa shape index (κ1) is 17.5. The molecule has 23 heavy (non-hydrogen) atoms. The van der Waals surface area contributed by atoms with Crippen LogP contribution in [-0.2, 0) is 10.3 Å². The van der Waals surface area contributed by atoms with Gasteiger partial charge in [-0.25, -0.2) is 8.78 Å². The van der Waals surface area contributed by atoms with Crippen LogP contribution in [0, 0.1) is 24.5 Å². The molecular formula is C16H20F2N2O3. The number of aliphatic hydroxyl groups excluding tert-OH is 1. The van der Waals surface area contributed by atoms with Gasteiger partial charge in [0.25, 0.3) is 0 Å². The maximum atomic E-state index is 13.7. The van der Waals surface area contributed by atoms with Crippen molar-refractivity contribution < 1.29 is 23.1 Å². The van der Waals surface area contributed by atoms with Crippen molar-refractivity contribution in [3.63, 3.8) is 0 Å². The smallest absolute Gasteiger partial charge is 0.128 e. The molecule has 0 aliphatic carbocycles. The van der Waals surface area contributed by atoms with Crippen molar-refractivity contribution in [2.45, 2.75) is 18.9 Å². The van der Waals surface area contributed by atoms with Gasteiger partial charge in [0.1, 0.15) is 17.9 Å². The highest BCUT2D eigenvalue weighted by atomic mass is 19.1. The second-order valence-electron chi connectivity index (χ2n) is 5.53. The second kappa shape index (κ2) is 7.63. The molecule has 2 aromatic rings. The minimum absolute atomic E-state index is 0.0660. The lowest BCUT2D eigenvalue weighted by atomic mass is 9.76. The summed E-state index contributed by atoms with van der Waals surface area (Å²) >= 11 is 0. The lowest BCUT2D eigenvalue weighted by Crippen LogP contribution is -2.53. The molecule has 0 spiro atoms. The van der Waals surface area contributed by atoms with E-state index in [-0.39, 0.29) is 24.7 Å². The van der Waals surface area contributed by atoms with E-state index in [2.05, 4.69) is 9.68 Å². The average Bonchev–Trinajstić information content (AvgIpc) is 3.02. The Morgan fingerprint density at radius 3 is 2.74 bits per heavy atom. The number of nitrogens with two attached hydrogens (primary N) is 1. The highest BCUT2D eigenvalue weighted by molar-refractivity contribution is 5.28. The lowest BCUT2D eigenvalue weighted by Gasteiger charge is -2.40. The highest BCUT2D eigenvalue weighted by Crippen LogP contribution is 2.34. The van der Waals surface area contributed by atoms with Crippen LogP contribution in [0.25, 0.3) is 0 Å². The number of benzene rings is 1. The first-order valence-corrected chi connectivity index (χ1v) is 7.27. The molecule has 1 aliphatic rings. The minimum atomic E-state index is -1.17. The van der Waals surface area contributed by atoms with E-state index in [9.17, 15) is 13.9 Å². The number of aryl methyl sites for hydroxylation is 1. The van der Waals surface area contributed by atoms with Gasteiger partial charge in [-0.3, -0.25) is 0 Å². The van der Waals surface area contributed by atoms with E-state index < -0.39 is 17.2 Å². The monoisotopic (exact) mass is 326 g/mol. The van der Waals surface area contributed by atoms with Crippen molar-refractivity contribution in [1.29, 1.82) is 0 Å². The zero-order valence-corrected chi connectivity index (χ0v) is 12.8. The number of ether oxygens (including phenoxy) is 1. The molecule has 0 bridgehead atoms. The molecule has 0 radical (unpaired) electrons. The van der Waals surface area contributed by atoms with E-state index in [1.807, 2.05) is 6.92 Å². The largest absolute Gasteiger partial charge is 0.396 e. The van der Waals surface area contributed by atoms with Crippen molar-refractivity contribution in [2.24, 2.45) is 11.7 Å². The topological polar surface area (TPSA) is 81.5 Å². The number of rotatable bonds is 2. The maximum Gasteiger partial charge on any atom is 0.128 e. The van der Waals surface area contributed by atoms with Crippen LogP contribution in [0.4, 0.5) is 8.78 Å². The van der Waals surface area contributed by atoms with Gasteiger partial charge in [0, 0.05) is 30.8 Å². The predicted molar refractivity (Wildman–Crippen MR) is 79.5 cm³/mol. The molecule has 7 heteroatoms. The van der Waals surface area contributed by atoms with Crippen LogP contribution < -0.4 is 5.73 Å².